The van der Waals surface area contributed by atoms with Crippen LogP contribution in [0.25, 0.3) is 0 Å². The lowest BCUT2D eigenvalue weighted by molar-refractivity contribution is 0.104. The minimum Gasteiger partial charge on any atom is -0.396 e. The van der Waals surface area contributed by atoms with Gasteiger partial charge >= 0.3 is 0 Å². The number of benzene rings is 3. The zero-order chi connectivity index (χ0) is 22.0. The molecule has 0 atom stereocenters. The highest BCUT2D eigenvalue weighted by molar-refractivity contribution is 7.92. The Morgan fingerprint density at radius 3 is 2.06 bits per heavy atom. The minimum atomic E-state index is -3.97. The third kappa shape index (κ3) is 4.20. The van der Waals surface area contributed by atoms with Gasteiger partial charge in [-0.2, -0.15) is 0 Å². The molecule has 0 aliphatic rings. The zero-order valence-corrected chi connectivity index (χ0v) is 18.5. The van der Waals surface area contributed by atoms with Crippen LogP contribution in [0.1, 0.15) is 15.2 Å². The fourth-order valence-corrected chi connectivity index (χ4v) is 6.13. The lowest BCUT2D eigenvalue weighted by Crippen LogP contribution is -2.08. The summed E-state index contributed by atoms with van der Waals surface area (Å²) in [5.41, 5.74) is 7.26. The number of nitrogens with two attached hydrogens (primary N) is 1. The number of sulfone groups is 1. The highest BCUT2D eigenvalue weighted by Crippen LogP contribution is 2.44. The van der Waals surface area contributed by atoms with E-state index in [4.69, 9.17) is 17.3 Å². The molecule has 0 fully saturated rings. The Hall–Kier alpha value is -3.13. The zero-order valence-electron chi connectivity index (χ0n) is 16.1. The number of nitrogen functional groups attached to an aromatic ring is 1. The van der Waals surface area contributed by atoms with Gasteiger partial charge < -0.3 is 11.1 Å². The third-order valence-corrected chi connectivity index (χ3v) is 7.92. The van der Waals surface area contributed by atoms with Crippen LogP contribution < -0.4 is 11.1 Å². The summed E-state index contributed by atoms with van der Waals surface area (Å²) in [6.45, 7) is 0. The molecular formula is C23H17ClN2O3S2. The summed E-state index contributed by atoms with van der Waals surface area (Å²) in [6, 6.07) is 23.5. The largest absolute Gasteiger partial charge is 0.396 e. The van der Waals surface area contributed by atoms with Crippen molar-refractivity contribution in [1.29, 1.82) is 0 Å². The summed E-state index contributed by atoms with van der Waals surface area (Å²) in [5.74, 6) is -0.371. The van der Waals surface area contributed by atoms with Crippen LogP contribution in [0, 0.1) is 0 Å². The topological polar surface area (TPSA) is 89.3 Å². The highest BCUT2D eigenvalue weighted by atomic mass is 35.5. The van der Waals surface area contributed by atoms with Crippen molar-refractivity contribution in [3.05, 3.63) is 100 Å². The van der Waals surface area contributed by atoms with Crippen molar-refractivity contribution >= 4 is 54.9 Å². The van der Waals surface area contributed by atoms with E-state index in [1.54, 1.807) is 54.6 Å². The fraction of sp³-hybridized carbons (Fsp3) is 0. The summed E-state index contributed by atoms with van der Waals surface area (Å²) in [4.78, 5) is 13.3. The van der Waals surface area contributed by atoms with E-state index in [0.29, 0.717) is 16.3 Å². The normalized spacial score (nSPS) is 11.3. The van der Waals surface area contributed by atoms with Gasteiger partial charge in [-0.25, -0.2) is 8.42 Å². The Labute approximate surface area is 189 Å². The lowest BCUT2D eigenvalue weighted by Gasteiger charge is -2.09. The predicted octanol–water partition coefficient (Wildman–Crippen LogP) is 5.79. The monoisotopic (exact) mass is 468 g/mol. The smallest absolute Gasteiger partial charge is 0.211 e. The lowest BCUT2D eigenvalue weighted by atomic mass is 10.1. The number of anilines is 3. The van der Waals surface area contributed by atoms with E-state index in [1.165, 1.54) is 12.1 Å². The number of thiophene rings is 1. The van der Waals surface area contributed by atoms with Gasteiger partial charge in [-0.3, -0.25) is 4.79 Å². The summed E-state index contributed by atoms with van der Waals surface area (Å²) >= 11 is 6.93. The molecule has 0 amide bonds. The Morgan fingerprint density at radius 1 is 0.871 bits per heavy atom. The van der Waals surface area contributed by atoms with Crippen LogP contribution in [0.2, 0.25) is 5.02 Å². The molecular weight excluding hydrogens is 452 g/mol. The van der Waals surface area contributed by atoms with E-state index in [-0.39, 0.29) is 31.1 Å². The van der Waals surface area contributed by atoms with Gasteiger partial charge in [0.05, 0.1) is 10.6 Å². The maximum atomic E-state index is 13.4. The first kappa shape index (κ1) is 21.1. The number of ketones is 1. The van der Waals surface area contributed by atoms with Crippen LogP contribution in [-0.2, 0) is 9.84 Å². The molecule has 156 valence electrons. The second-order valence-electron chi connectivity index (χ2n) is 6.65. The van der Waals surface area contributed by atoms with Crippen LogP contribution in [0.3, 0.4) is 0 Å². The van der Waals surface area contributed by atoms with E-state index >= 15 is 0 Å². The average molecular weight is 469 g/mol. The van der Waals surface area contributed by atoms with Gasteiger partial charge in [-0.1, -0.05) is 48.0 Å². The van der Waals surface area contributed by atoms with Crippen molar-refractivity contribution in [3.8, 4) is 0 Å². The molecule has 0 aliphatic heterocycles. The van der Waals surface area contributed by atoms with Crippen LogP contribution in [0.5, 0.6) is 0 Å². The van der Waals surface area contributed by atoms with E-state index in [9.17, 15) is 13.2 Å². The Kier molecular flexibility index (Phi) is 5.82. The molecule has 4 rings (SSSR count). The molecule has 0 aliphatic carbocycles. The van der Waals surface area contributed by atoms with E-state index in [1.807, 2.05) is 18.2 Å². The molecule has 0 saturated carbocycles. The van der Waals surface area contributed by atoms with Gasteiger partial charge in [-0.15, -0.1) is 11.3 Å². The number of nitrogens with one attached hydrogen (secondary N) is 1. The highest BCUT2D eigenvalue weighted by Gasteiger charge is 2.31. The number of halogens is 1. The van der Waals surface area contributed by atoms with Crippen molar-refractivity contribution in [1.82, 2.24) is 0 Å². The second-order valence-corrected chi connectivity index (χ2v) is 9.99. The first-order valence-corrected chi connectivity index (χ1v) is 11.9. The van der Waals surface area contributed by atoms with Crippen molar-refractivity contribution < 1.29 is 13.2 Å². The van der Waals surface area contributed by atoms with Gasteiger partial charge in [0, 0.05) is 16.3 Å². The van der Waals surface area contributed by atoms with Crippen molar-refractivity contribution in [3.63, 3.8) is 0 Å². The number of carbonyl (C=O) groups is 1. The number of hydrogen-bond donors (Lipinski definition) is 2. The number of rotatable bonds is 6. The summed E-state index contributed by atoms with van der Waals surface area (Å²) in [7, 11) is -3.97. The first-order valence-electron chi connectivity index (χ1n) is 9.22. The molecule has 1 aromatic heterocycles. The summed E-state index contributed by atoms with van der Waals surface area (Å²) < 4.78 is 26.9. The molecule has 0 unspecified atom stereocenters. The van der Waals surface area contributed by atoms with Gasteiger partial charge in [0.2, 0.25) is 15.6 Å². The molecule has 0 spiro atoms. The summed E-state index contributed by atoms with van der Waals surface area (Å²) in [6.07, 6.45) is 0. The molecule has 31 heavy (non-hydrogen) atoms. The van der Waals surface area contributed by atoms with Crippen molar-refractivity contribution in [2.24, 2.45) is 0 Å². The number of para-hydroxylation sites is 1. The molecule has 4 aromatic rings. The molecule has 5 nitrogen and oxygen atoms in total. The Morgan fingerprint density at radius 2 is 1.45 bits per heavy atom. The predicted molar refractivity (Wildman–Crippen MR) is 125 cm³/mol. The van der Waals surface area contributed by atoms with Crippen LogP contribution in [0.4, 0.5) is 16.4 Å². The minimum absolute atomic E-state index is 0.0766. The molecule has 3 N–H and O–H groups in total. The van der Waals surface area contributed by atoms with Gasteiger partial charge in [0.25, 0.3) is 0 Å². The molecule has 1 heterocycles. The van der Waals surface area contributed by atoms with E-state index in [0.717, 1.165) is 11.3 Å². The fourth-order valence-electron chi connectivity index (χ4n) is 3.05. The van der Waals surface area contributed by atoms with E-state index in [2.05, 4.69) is 5.32 Å². The first-order chi connectivity index (χ1) is 14.9. The van der Waals surface area contributed by atoms with Gasteiger partial charge in [-0.05, 0) is 48.5 Å². The molecule has 8 heteroatoms. The maximum Gasteiger partial charge on any atom is 0.211 e. The molecule has 0 bridgehead atoms. The van der Waals surface area contributed by atoms with Gasteiger partial charge in [0.1, 0.15) is 14.8 Å². The Bertz CT molecular complexity index is 1340. The van der Waals surface area contributed by atoms with E-state index < -0.39 is 9.84 Å². The Balaban J connectivity index is 1.88. The van der Waals surface area contributed by atoms with Crippen molar-refractivity contribution in [2.45, 2.75) is 9.79 Å². The SMILES string of the molecule is Nc1c(C(=O)c2ccc(Cl)cc2)sc(Nc2ccccc2)c1S(=O)(=O)c1ccccc1. The summed E-state index contributed by atoms with van der Waals surface area (Å²) in [5, 5.41) is 3.89. The van der Waals surface area contributed by atoms with Crippen molar-refractivity contribution in [2.75, 3.05) is 11.1 Å². The number of hydrogen-bond acceptors (Lipinski definition) is 6. The third-order valence-electron chi connectivity index (χ3n) is 4.57. The quantitative estimate of drug-likeness (QED) is 0.349. The van der Waals surface area contributed by atoms with Gasteiger partial charge in [0.15, 0.2) is 0 Å². The van der Waals surface area contributed by atoms with Crippen LogP contribution in [-0.4, -0.2) is 14.2 Å². The van der Waals surface area contributed by atoms with Crippen LogP contribution in [0.15, 0.2) is 94.7 Å². The number of carbonyl (C=O) groups excluding carboxylic acids is 1. The molecule has 3 aromatic carbocycles. The standard InChI is InChI=1S/C23H17ClN2O3S2/c24-16-13-11-15(12-14-16)20(27)21-19(25)22(31(28,29)18-9-5-2-6-10-18)23(30-21)26-17-7-3-1-4-8-17/h1-14,26H,25H2. The average Bonchev–Trinajstić information content (AvgIpc) is 3.11. The molecule has 0 saturated heterocycles. The maximum absolute atomic E-state index is 13.4. The van der Waals surface area contributed by atoms with Crippen LogP contribution >= 0.6 is 22.9 Å². The molecule has 0 radical (unpaired) electrons. The second kappa shape index (κ2) is 8.55.